The maximum absolute atomic E-state index is 12.9. The molecule has 0 spiro atoms. The minimum Gasteiger partial charge on any atom is -0.489 e. The van der Waals surface area contributed by atoms with Crippen molar-refractivity contribution in [3.63, 3.8) is 0 Å². The summed E-state index contributed by atoms with van der Waals surface area (Å²) in [5, 5.41) is 7.77. The summed E-state index contributed by atoms with van der Waals surface area (Å²) in [6.07, 6.45) is 3.64. The maximum Gasteiger partial charge on any atom is 0.273 e. The van der Waals surface area contributed by atoms with Crippen molar-refractivity contribution in [2.75, 3.05) is 19.6 Å². The first kappa shape index (κ1) is 25.1. The number of benzene rings is 3. The van der Waals surface area contributed by atoms with E-state index in [1.807, 2.05) is 66.7 Å². The standard InChI is InChI=1S/C30H30ClN3O3/c31-26-12-6-5-11-24(26)21-36-25-15-13-23(14-16-25)29-19-27(33-37-29)30(35)32-20-28(22-9-3-1-4-10-22)34-17-7-2-8-18-34/h1,3-6,9-16,19,28H,2,7-8,17-18,20-21H2,(H,32,35). The number of hydrogen-bond donors (Lipinski definition) is 1. The third kappa shape index (κ3) is 6.40. The fourth-order valence-corrected chi connectivity index (χ4v) is 4.84. The molecule has 1 fully saturated rings. The Hall–Kier alpha value is -3.61. The van der Waals surface area contributed by atoms with E-state index in [1.54, 1.807) is 6.07 Å². The first-order valence-electron chi connectivity index (χ1n) is 12.7. The third-order valence-corrected chi connectivity index (χ3v) is 7.07. The van der Waals surface area contributed by atoms with Gasteiger partial charge in [0.05, 0.1) is 6.04 Å². The Morgan fingerprint density at radius 3 is 2.46 bits per heavy atom. The van der Waals surface area contributed by atoms with Crippen molar-refractivity contribution in [1.29, 1.82) is 0 Å². The number of carbonyl (C=O) groups excluding carboxylic acids is 1. The molecule has 1 aliphatic rings. The van der Waals surface area contributed by atoms with Crippen LogP contribution < -0.4 is 10.1 Å². The van der Waals surface area contributed by atoms with Crippen LogP contribution in [0.25, 0.3) is 11.3 Å². The van der Waals surface area contributed by atoms with Crippen LogP contribution in [0.15, 0.2) is 89.5 Å². The number of halogens is 1. The topological polar surface area (TPSA) is 67.6 Å². The zero-order valence-electron chi connectivity index (χ0n) is 20.6. The molecule has 6 nitrogen and oxygen atoms in total. The van der Waals surface area contributed by atoms with E-state index in [2.05, 4.69) is 27.5 Å². The molecule has 4 aromatic rings. The van der Waals surface area contributed by atoms with Gasteiger partial charge < -0.3 is 14.6 Å². The van der Waals surface area contributed by atoms with Crippen LogP contribution in [0.3, 0.4) is 0 Å². The smallest absolute Gasteiger partial charge is 0.273 e. The number of rotatable bonds is 9. The van der Waals surface area contributed by atoms with Gasteiger partial charge in [-0.1, -0.05) is 71.7 Å². The number of piperidine rings is 1. The van der Waals surface area contributed by atoms with Gasteiger partial charge in [-0.2, -0.15) is 0 Å². The molecule has 0 radical (unpaired) electrons. The molecule has 1 aromatic heterocycles. The second kappa shape index (κ2) is 12.1. The molecule has 3 aromatic carbocycles. The number of nitrogens with zero attached hydrogens (tertiary/aromatic N) is 2. The molecule has 190 valence electrons. The van der Waals surface area contributed by atoms with E-state index in [0.29, 0.717) is 29.7 Å². The summed E-state index contributed by atoms with van der Waals surface area (Å²) >= 11 is 6.20. The number of carbonyl (C=O) groups is 1. The van der Waals surface area contributed by atoms with Gasteiger partial charge in [0, 0.05) is 28.8 Å². The average Bonchev–Trinajstić information content (AvgIpc) is 3.45. The van der Waals surface area contributed by atoms with Crippen LogP contribution in [0.2, 0.25) is 5.02 Å². The van der Waals surface area contributed by atoms with Crippen LogP contribution in [0.1, 0.15) is 46.9 Å². The van der Waals surface area contributed by atoms with Gasteiger partial charge in [0.2, 0.25) is 0 Å². The van der Waals surface area contributed by atoms with Crippen LogP contribution in [-0.4, -0.2) is 35.6 Å². The highest BCUT2D eigenvalue weighted by Crippen LogP contribution is 2.26. The lowest BCUT2D eigenvalue weighted by molar-refractivity contribution is 0.0915. The molecular weight excluding hydrogens is 486 g/mol. The number of hydrogen-bond acceptors (Lipinski definition) is 5. The highest BCUT2D eigenvalue weighted by Gasteiger charge is 2.23. The van der Waals surface area contributed by atoms with Crippen molar-refractivity contribution >= 4 is 17.5 Å². The summed E-state index contributed by atoms with van der Waals surface area (Å²) in [5.41, 5.74) is 3.21. The number of likely N-dealkylation sites (tertiary alicyclic amines) is 1. The van der Waals surface area contributed by atoms with E-state index >= 15 is 0 Å². The molecule has 1 aliphatic heterocycles. The predicted molar refractivity (Wildman–Crippen MR) is 145 cm³/mol. The molecular formula is C30H30ClN3O3. The molecule has 1 N–H and O–H groups in total. The number of nitrogens with one attached hydrogen (secondary N) is 1. The van der Waals surface area contributed by atoms with E-state index < -0.39 is 0 Å². The van der Waals surface area contributed by atoms with Crippen LogP contribution in [-0.2, 0) is 6.61 Å². The van der Waals surface area contributed by atoms with Crippen molar-refractivity contribution in [3.8, 4) is 17.1 Å². The van der Waals surface area contributed by atoms with Crippen molar-refractivity contribution in [2.24, 2.45) is 0 Å². The van der Waals surface area contributed by atoms with Gasteiger partial charge in [-0.05, 0) is 61.8 Å². The van der Waals surface area contributed by atoms with Crippen LogP contribution in [0.4, 0.5) is 0 Å². The number of aromatic nitrogens is 1. The lowest BCUT2D eigenvalue weighted by atomic mass is 10.0. The van der Waals surface area contributed by atoms with E-state index in [1.165, 1.54) is 24.8 Å². The maximum atomic E-state index is 12.9. The normalized spacial score (nSPS) is 14.7. The van der Waals surface area contributed by atoms with Gasteiger partial charge in [-0.15, -0.1) is 0 Å². The molecule has 1 saturated heterocycles. The molecule has 1 unspecified atom stereocenters. The molecule has 0 saturated carbocycles. The Morgan fingerprint density at radius 2 is 1.70 bits per heavy atom. The van der Waals surface area contributed by atoms with Gasteiger partial charge in [0.1, 0.15) is 12.4 Å². The van der Waals surface area contributed by atoms with E-state index in [-0.39, 0.29) is 17.6 Å². The molecule has 2 heterocycles. The highest BCUT2D eigenvalue weighted by atomic mass is 35.5. The summed E-state index contributed by atoms with van der Waals surface area (Å²) < 4.78 is 11.3. The zero-order valence-corrected chi connectivity index (χ0v) is 21.4. The number of ether oxygens (including phenoxy) is 1. The van der Waals surface area contributed by atoms with Gasteiger partial charge in [-0.25, -0.2) is 0 Å². The Labute approximate surface area is 222 Å². The zero-order chi connectivity index (χ0) is 25.5. The van der Waals surface area contributed by atoms with Gasteiger partial charge in [0.25, 0.3) is 5.91 Å². The van der Waals surface area contributed by atoms with Gasteiger partial charge >= 0.3 is 0 Å². The summed E-state index contributed by atoms with van der Waals surface area (Å²) in [5.74, 6) is 0.997. The van der Waals surface area contributed by atoms with Crippen molar-refractivity contribution < 1.29 is 14.1 Å². The van der Waals surface area contributed by atoms with E-state index in [9.17, 15) is 4.79 Å². The minimum absolute atomic E-state index is 0.134. The van der Waals surface area contributed by atoms with Crippen LogP contribution >= 0.6 is 11.6 Å². The molecule has 0 bridgehead atoms. The largest absolute Gasteiger partial charge is 0.489 e. The van der Waals surface area contributed by atoms with Crippen LogP contribution in [0, 0.1) is 0 Å². The van der Waals surface area contributed by atoms with Gasteiger partial charge in [0.15, 0.2) is 11.5 Å². The molecule has 1 amide bonds. The van der Waals surface area contributed by atoms with Crippen LogP contribution in [0.5, 0.6) is 5.75 Å². The molecule has 1 atom stereocenters. The minimum atomic E-state index is -0.243. The summed E-state index contributed by atoms with van der Waals surface area (Å²) in [4.78, 5) is 15.4. The molecule has 0 aliphatic carbocycles. The monoisotopic (exact) mass is 515 g/mol. The summed E-state index contributed by atoms with van der Waals surface area (Å²) in [6.45, 7) is 2.98. The Morgan fingerprint density at radius 1 is 0.973 bits per heavy atom. The van der Waals surface area contributed by atoms with Crippen molar-refractivity contribution in [2.45, 2.75) is 31.9 Å². The lowest BCUT2D eigenvalue weighted by Crippen LogP contribution is -2.40. The molecule has 37 heavy (non-hydrogen) atoms. The Balaban J connectivity index is 1.20. The third-order valence-electron chi connectivity index (χ3n) is 6.71. The molecule has 7 heteroatoms. The highest BCUT2D eigenvalue weighted by molar-refractivity contribution is 6.31. The number of amides is 1. The lowest BCUT2D eigenvalue weighted by Gasteiger charge is -2.35. The Kier molecular flexibility index (Phi) is 8.18. The SMILES string of the molecule is O=C(NCC(c1ccccc1)N1CCCCC1)c1cc(-c2ccc(OCc3ccccc3Cl)cc2)on1. The fourth-order valence-electron chi connectivity index (χ4n) is 4.65. The predicted octanol–water partition coefficient (Wildman–Crippen LogP) is 6.53. The quantitative estimate of drug-likeness (QED) is 0.274. The fraction of sp³-hybridized carbons (Fsp3) is 0.267. The second-order valence-electron chi connectivity index (χ2n) is 9.21. The average molecular weight is 516 g/mol. The van der Waals surface area contributed by atoms with Gasteiger partial charge in [-0.3, -0.25) is 9.69 Å². The Bertz CT molecular complexity index is 1300. The first-order chi connectivity index (χ1) is 18.2. The van der Waals surface area contributed by atoms with E-state index in [4.69, 9.17) is 20.9 Å². The summed E-state index contributed by atoms with van der Waals surface area (Å²) in [7, 11) is 0. The molecule has 5 rings (SSSR count). The first-order valence-corrected chi connectivity index (χ1v) is 13.1. The van der Waals surface area contributed by atoms with E-state index in [0.717, 1.165) is 24.2 Å². The second-order valence-corrected chi connectivity index (χ2v) is 9.62. The van der Waals surface area contributed by atoms with Crippen molar-refractivity contribution in [1.82, 2.24) is 15.4 Å². The summed E-state index contributed by atoms with van der Waals surface area (Å²) in [6, 6.07) is 27.3. The van der Waals surface area contributed by atoms with Crippen molar-refractivity contribution in [3.05, 3.63) is 107 Å².